The molecule has 0 aromatic heterocycles. The molecule has 1 aliphatic rings. The van der Waals surface area contributed by atoms with E-state index in [2.05, 4.69) is 50.0 Å². The number of rotatable bonds is 4. The van der Waals surface area contributed by atoms with Gasteiger partial charge >= 0.3 is 0 Å². The fraction of sp³-hybridized carbons (Fsp3) is 0.379. The second kappa shape index (κ2) is 9.82. The molecule has 3 heteroatoms. The summed E-state index contributed by atoms with van der Waals surface area (Å²) >= 11 is 0. The molecule has 3 aromatic rings. The minimum absolute atomic E-state index is 0.114. The Morgan fingerprint density at radius 1 is 0.938 bits per heavy atom. The van der Waals surface area contributed by atoms with Crippen LogP contribution in [0.15, 0.2) is 48.5 Å². The van der Waals surface area contributed by atoms with E-state index >= 15 is 0 Å². The molecule has 0 aliphatic heterocycles. The van der Waals surface area contributed by atoms with Gasteiger partial charge in [-0.3, -0.25) is 0 Å². The van der Waals surface area contributed by atoms with Gasteiger partial charge in [-0.15, -0.1) is 0 Å². The molecular formula is C29H29F3. The third kappa shape index (κ3) is 4.70. The van der Waals surface area contributed by atoms with Crippen LogP contribution in [-0.4, -0.2) is 0 Å². The molecule has 1 fully saturated rings. The number of hydrogen-bond acceptors (Lipinski definition) is 0. The third-order valence-electron chi connectivity index (χ3n) is 7.03. The smallest absolute Gasteiger partial charge is 0.194 e. The van der Waals surface area contributed by atoms with E-state index in [1.54, 1.807) is 0 Å². The van der Waals surface area contributed by atoms with Gasteiger partial charge in [0.1, 0.15) is 0 Å². The van der Waals surface area contributed by atoms with Crippen LogP contribution in [0.3, 0.4) is 0 Å². The molecule has 32 heavy (non-hydrogen) atoms. The van der Waals surface area contributed by atoms with Gasteiger partial charge in [-0.25, -0.2) is 13.2 Å². The Balaban J connectivity index is 1.63. The highest BCUT2D eigenvalue weighted by Crippen LogP contribution is 2.42. The molecule has 166 valence electrons. The van der Waals surface area contributed by atoms with E-state index in [9.17, 15) is 13.2 Å². The van der Waals surface area contributed by atoms with Crippen molar-refractivity contribution in [2.45, 2.75) is 58.3 Å². The summed E-state index contributed by atoms with van der Waals surface area (Å²) in [5, 5.41) is 2.12. The average Bonchev–Trinajstić information content (AvgIpc) is 2.80. The molecule has 3 aromatic carbocycles. The summed E-state index contributed by atoms with van der Waals surface area (Å²) in [6.45, 7) is 4.64. The maximum Gasteiger partial charge on any atom is 0.194 e. The van der Waals surface area contributed by atoms with E-state index in [4.69, 9.17) is 0 Å². The molecule has 0 heterocycles. The zero-order valence-electron chi connectivity index (χ0n) is 18.7. The molecule has 0 radical (unpaired) electrons. The fourth-order valence-electron chi connectivity index (χ4n) is 5.33. The highest BCUT2D eigenvalue weighted by Gasteiger charge is 2.29. The van der Waals surface area contributed by atoms with Crippen molar-refractivity contribution in [2.75, 3.05) is 0 Å². The van der Waals surface area contributed by atoms with Gasteiger partial charge in [0, 0.05) is 11.1 Å². The van der Waals surface area contributed by atoms with Gasteiger partial charge in [0.25, 0.3) is 0 Å². The fourth-order valence-corrected chi connectivity index (χ4v) is 5.33. The van der Waals surface area contributed by atoms with Crippen LogP contribution < -0.4 is 0 Å². The van der Waals surface area contributed by atoms with Crippen molar-refractivity contribution < 1.29 is 13.2 Å². The Labute approximate surface area is 188 Å². The minimum atomic E-state index is -1.47. The average molecular weight is 435 g/mol. The summed E-state index contributed by atoms with van der Waals surface area (Å²) in [7, 11) is 0. The van der Waals surface area contributed by atoms with E-state index in [-0.39, 0.29) is 5.56 Å². The lowest BCUT2D eigenvalue weighted by molar-refractivity contribution is 0.195. The van der Waals surface area contributed by atoms with E-state index < -0.39 is 17.5 Å². The van der Waals surface area contributed by atoms with Gasteiger partial charge in [0.05, 0.1) is 0 Å². The summed E-state index contributed by atoms with van der Waals surface area (Å²) in [6, 6.07) is 14.3. The molecule has 0 saturated heterocycles. The van der Waals surface area contributed by atoms with Crippen molar-refractivity contribution in [3.05, 3.63) is 82.7 Å². The highest BCUT2D eigenvalue weighted by molar-refractivity contribution is 5.89. The standard InChI is InChI=1S/C29H29F3/c1-3-7-21-8-4-5-11-25(21)19(2)23-14-15-26-22(9-6-10-24(26)18-23)13-12-20-16-27(30)29(32)28(31)17-20/h6,9-10,14-19,21,25H,3-5,7-8,11H2,1-2H3. The van der Waals surface area contributed by atoms with Crippen LogP contribution in [0.4, 0.5) is 13.2 Å². The predicted molar refractivity (Wildman–Crippen MR) is 125 cm³/mol. The van der Waals surface area contributed by atoms with E-state index in [1.807, 2.05) is 12.1 Å². The second-order valence-electron chi connectivity index (χ2n) is 9.08. The molecule has 4 rings (SSSR count). The van der Waals surface area contributed by atoms with Crippen LogP contribution in [0.5, 0.6) is 0 Å². The maximum absolute atomic E-state index is 13.5. The van der Waals surface area contributed by atoms with Crippen LogP contribution in [0.1, 0.15) is 75.0 Å². The molecule has 0 nitrogen and oxygen atoms in total. The van der Waals surface area contributed by atoms with Crippen LogP contribution in [0, 0.1) is 41.1 Å². The first-order valence-corrected chi connectivity index (χ1v) is 11.7. The zero-order chi connectivity index (χ0) is 22.7. The topological polar surface area (TPSA) is 0 Å². The highest BCUT2D eigenvalue weighted by atomic mass is 19.2. The summed E-state index contributed by atoms with van der Waals surface area (Å²) in [6.07, 6.45) is 7.89. The van der Waals surface area contributed by atoms with Gasteiger partial charge in [-0.2, -0.15) is 0 Å². The summed E-state index contributed by atoms with van der Waals surface area (Å²) in [5.74, 6) is 3.91. The predicted octanol–water partition coefficient (Wildman–Crippen LogP) is 8.37. The molecule has 3 atom stereocenters. The minimum Gasteiger partial charge on any atom is -0.204 e. The summed E-state index contributed by atoms with van der Waals surface area (Å²) in [4.78, 5) is 0. The summed E-state index contributed by atoms with van der Waals surface area (Å²) < 4.78 is 40.2. The van der Waals surface area contributed by atoms with Crippen LogP contribution in [0.25, 0.3) is 10.8 Å². The van der Waals surface area contributed by atoms with Gasteiger partial charge < -0.3 is 0 Å². The quantitative estimate of drug-likeness (QED) is 0.286. The molecule has 0 N–H and O–H groups in total. The first-order valence-electron chi connectivity index (χ1n) is 11.7. The van der Waals surface area contributed by atoms with Crippen LogP contribution in [0.2, 0.25) is 0 Å². The van der Waals surface area contributed by atoms with Gasteiger partial charge in [-0.1, -0.05) is 88.1 Å². The van der Waals surface area contributed by atoms with Crippen molar-refractivity contribution in [2.24, 2.45) is 11.8 Å². The Hall–Kier alpha value is -2.73. The van der Waals surface area contributed by atoms with Gasteiger partial charge in [0.15, 0.2) is 17.5 Å². The molecular weight excluding hydrogens is 405 g/mol. The van der Waals surface area contributed by atoms with Crippen molar-refractivity contribution in [1.82, 2.24) is 0 Å². The first-order chi connectivity index (χ1) is 15.5. The number of benzene rings is 3. The van der Waals surface area contributed by atoms with Crippen LogP contribution in [-0.2, 0) is 0 Å². The van der Waals surface area contributed by atoms with E-state index in [0.717, 1.165) is 40.3 Å². The van der Waals surface area contributed by atoms with Crippen molar-refractivity contribution >= 4 is 10.8 Å². The van der Waals surface area contributed by atoms with Crippen molar-refractivity contribution in [1.29, 1.82) is 0 Å². The lowest BCUT2D eigenvalue weighted by Crippen LogP contribution is -2.24. The largest absolute Gasteiger partial charge is 0.204 e. The molecule has 0 spiro atoms. The lowest BCUT2D eigenvalue weighted by atomic mass is 9.69. The number of halogens is 3. The van der Waals surface area contributed by atoms with E-state index in [0.29, 0.717) is 5.92 Å². The molecule has 1 aliphatic carbocycles. The Bertz CT molecular complexity index is 1140. The molecule has 1 saturated carbocycles. The van der Waals surface area contributed by atoms with Gasteiger partial charge in [-0.05, 0) is 58.7 Å². The lowest BCUT2D eigenvalue weighted by Gasteiger charge is -2.36. The van der Waals surface area contributed by atoms with Gasteiger partial charge in [0.2, 0.25) is 0 Å². The number of hydrogen-bond donors (Lipinski definition) is 0. The molecule has 0 bridgehead atoms. The SMILES string of the molecule is CCCC1CCCCC1C(C)c1ccc2c(C#Cc3cc(F)c(F)c(F)c3)cccc2c1. The molecule has 3 unspecified atom stereocenters. The first kappa shape index (κ1) is 22.5. The Kier molecular flexibility index (Phi) is 6.89. The zero-order valence-corrected chi connectivity index (χ0v) is 18.7. The summed E-state index contributed by atoms with van der Waals surface area (Å²) in [5.41, 5.74) is 2.26. The Morgan fingerprint density at radius 2 is 1.69 bits per heavy atom. The maximum atomic E-state index is 13.5. The number of fused-ring (bicyclic) bond motifs is 1. The third-order valence-corrected chi connectivity index (χ3v) is 7.03. The Morgan fingerprint density at radius 3 is 2.44 bits per heavy atom. The molecule has 0 amide bonds. The monoisotopic (exact) mass is 434 g/mol. The van der Waals surface area contributed by atoms with Crippen molar-refractivity contribution in [3.63, 3.8) is 0 Å². The second-order valence-corrected chi connectivity index (χ2v) is 9.08. The van der Waals surface area contributed by atoms with Crippen LogP contribution >= 0.6 is 0 Å². The van der Waals surface area contributed by atoms with E-state index in [1.165, 1.54) is 44.1 Å². The normalized spacial score (nSPS) is 19.4. The van der Waals surface area contributed by atoms with Crippen molar-refractivity contribution in [3.8, 4) is 11.8 Å².